The van der Waals surface area contributed by atoms with Gasteiger partial charge in [0.1, 0.15) is 11.8 Å². The minimum Gasteiger partial charge on any atom is -0.480 e. The van der Waals surface area contributed by atoms with E-state index in [1.54, 1.807) is 26.8 Å². The standard InChI is InChI=1S/C13H19NO4/c1-5-9-8(6-7-18-9)11(15)14-10(12(16)17)13(2,3)4/h6-7,10H,5H2,1-4H3,(H,14,15)(H,16,17)/t10-/m0/s1. The highest BCUT2D eigenvalue weighted by atomic mass is 16.4. The third-order valence-corrected chi connectivity index (χ3v) is 2.70. The second-order valence-corrected chi connectivity index (χ2v) is 5.22. The first kappa shape index (κ1) is 14.3. The summed E-state index contributed by atoms with van der Waals surface area (Å²) in [6.45, 7) is 7.17. The van der Waals surface area contributed by atoms with E-state index in [4.69, 9.17) is 9.52 Å². The van der Waals surface area contributed by atoms with Crippen LogP contribution >= 0.6 is 0 Å². The summed E-state index contributed by atoms with van der Waals surface area (Å²) >= 11 is 0. The van der Waals surface area contributed by atoms with E-state index >= 15 is 0 Å². The van der Waals surface area contributed by atoms with Gasteiger partial charge in [-0.2, -0.15) is 0 Å². The molecule has 18 heavy (non-hydrogen) atoms. The van der Waals surface area contributed by atoms with E-state index in [1.807, 2.05) is 6.92 Å². The van der Waals surface area contributed by atoms with Gasteiger partial charge in [0.2, 0.25) is 0 Å². The fourth-order valence-electron chi connectivity index (χ4n) is 1.67. The number of furan rings is 1. The lowest BCUT2D eigenvalue weighted by Crippen LogP contribution is -2.49. The molecule has 1 heterocycles. The maximum absolute atomic E-state index is 12.0. The topological polar surface area (TPSA) is 79.5 Å². The van der Waals surface area contributed by atoms with Gasteiger partial charge in [-0.25, -0.2) is 4.79 Å². The molecule has 1 aromatic rings. The van der Waals surface area contributed by atoms with Crippen molar-refractivity contribution in [2.24, 2.45) is 5.41 Å². The summed E-state index contributed by atoms with van der Waals surface area (Å²) in [6.07, 6.45) is 2.02. The largest absolute Gasteiger partial charge is 0.480 e. The summed E-state index contributed by atoms with van der Waals surface area (Å²) in [4.78, 5) is 23.2. The Morgan fingerprint density at radius 3 is 2.50 bits per heavy atom. The van der Waals surface area contributed by atoms with E-state index in [0.29, 0.717) is 17.7 Å². The maximum atomic E-state index is 12.0. The molecule has 0 aliphatic heterocycles. The normalized spacial score (nSPS) is 13.1. The number of carbonyl (C=O) groups excluding carboxylic acids is 1. The fourth-order valence-corrected chi connectivity index (χ4v) is 1.67. The van der Waals surface area contributed by atoms with Crippen LogP contribution < -0.4 is 5.32 Å². The lowest BCUT2D eigenvalue weighted by molar-refractivity contribution is -0.142. The van der Waals surface area contributed by atoms with Crippen LogP contribution in [-0.2, 0) is 11.2 Å². The summed E-state index contributed by atoms with van der Waals surface area (Å²) in [7, 11) is 0. The molecule has 0 saturated carbocycles. The molecule has 1 atom stereocenters. The number of amides is 1. The van der Waals surface area contributed by atoms with Crippen LogP contribution in [0.15, 0.2) is 16.7 Å². The van der Waals surface area contributed by atoms with Crippen molar-refractivity contribution < 1.29 is 19.1 Å². The number of hydrogen-bond donors (Lipinski definition) is 2. The van der Waals surface area contributed by atoms with Gasteiger partial charge in [0.15, 0.2) is 0 Å². The number of aryl methyl sites for hydroxylation is 1. The van der Waals surface area contributed by atoms with Crippen molar-refractivity contribution >= 4 is 11.9 Å². The zero-order chi connectivity index (χ0) is 13.9. The first-order chi connectivity index (χ1) is 8.27. The number of nitrogens with one attached hydrogen (secondary N) is 1. The van der Waals surface area contributed by atoms with E-state index in [2.05, 4.69) is 5.32 Å². The molecule has 0 fully saturated rings. The van der Waals surface area contributed by atoms with Gasteiger partial charge in [-0.15, -0.1) is 0 Å². The monoisotopic (exact) mass is 253 g/mol. The zero-order valence-corrected chi connectivity index (χ0v) is 11.1. The molecule has 1 aromatic heterocycles. The van der Waals surface area contributed by atoms with Crippen LogP contribution in [0.2, 0.25) is 0 Å². The fraction of sp³-hybridized carbons (Fsp3) is 0.538. The molecule has 0 spiro atoms. The van der Waals surface area contributed by atoms with Crippen LogP contribution in [0.4, 0.5) is 0 Å². The van der Waals surface area contributed by atoms with Gasteiger partial charge in [-0.1, -0.05) is 27.7 Å². The van der Waals surface area contributed by atoms with Crippen LogP contribution in [0.25, 0.3) is 0 Å². The Kier molecular flexibility index (Phi) is 4.16. The summed E-state index contributed by atoms with van der Waals surface area (Å²) in [5, 5.41) is 11.7. The molecule has 2 N–H and O–H groups in total. The third-order valence-electron chi connectivity index (χ3n) is 2.70. The molecule has 1 rings (SSSR count). The number of carboxylic acids is 1. The molecule has 5 nitrogen and oxygen atoms in total. The van der Waals surface area contributed by atoms with Crippen molar-refractivity contribution in [2.75, 3.05) is 0 Å². The predicted molar refractivity (Wildman–Crippen MR) is 66.4 cm³/mol. The average molecular weight is 253 g/mol. The molecular weight excluding hydrogens is 234 g/mol. The van der Waals surface area contributed by atoms with Crippen LogP contribution in [-0.4, -0.2) is 23.0 Å². The van der Waals surface area contributed by atoms with Crippen LogP contribution in [0, 0.1) is 5.41 Å². The van der Waals surface area contributed by atoms with Gasteiger partial charge in [-0.05, 0) is 11.5 Å². The Morgan fingerprint density at radius 2 is 2.06 bits per heavy atom. The van der Waals surface area contributed by atoms with E-state index < -0.39 is 23.3 Å². The highest BCUT2D eigenvalue weighted by molar-refractivity contribution is 5.97. The van der Waals surface area contributed by atoms with Crippen LogP contribution in [0.5, 0.6) is 0 Å². The van der Waals surface area contributed by atoms with Gasteiger partial charge in [0, 0.05) is 6.42 Å². The van der Waals surface area contributed by atoms with E-state index in [9.17, 15) is 9.59 Å². The number of aliphatic carboxylic acids is 1. The van der Waals surface area contributed by atoms with Crippen molar-refractivity contribution in [1.29, 1.82) is 0 Å². The maximum Gasteiger partial charge on any atom is 0.326 e. The van der Waals surface area contributed by atoms with Gasteiger partial charge in [-0.3, -0.25) is 4.79 Å². The smallest absolute Gasteiger partial charge is 0.326 e. The molecule has 1 amide bonds. The average Bonchev–Trinajstić information content (AvgIpc) is 2.71. The van der Waals surface area contributed by atoms with Gasteiger partial charge < -0.3 is 14.8 Å². The van der Waals surface area contributed by atoms with Crippen LogP contribution in [0.3, 0.4) is 0 Å². The number of carboxylic acid groups (broad SMARTS) is 1. The molecule has 0 radical (unpaired) electrons. The minimum atomic E-state index is -1.04. The molecule has 0 aliphatic rings. The molecule has 0 aromatic carbocycles. The molecule has 0 bridgehead atoms. The van der Waals surface area contributed by atoms with Crippen molar-refractivity contribution in [1.82, 2.24) is 5.32 Å². The Bertz CT molecular complexity index is 442. The summed E-state index contributed by atoms with van der Waals surface area (Å²) in [5.41, 5.74) is -0.162. The molecule has 0 aliphatic carbocycles. The van der Waals surface area contributed by atoms with E-state index in [-0.39, 0.29) is 0 Å². The van der Waals surface area contributed by atoms with Crippen molar-refractivity contribution in [3.63, 3.8) is 0 Å². The summed E-state index contributed by atoms with van der Waals surface area (Å²) < 4.78 is 5.15. The first-order valence-corrected chi connectivity index (χ1v) is 5.87. The van der Waals surface area contributed by atoms with Gasteiger partial charge >= 0.3 is 5.97 Å². The predicted octanol–water partition coefficient (Wildman–Crippen LogP) is 2.07. The SMILES string of the molecule is CCc1occc1C(=O)N[C@@H](C(=O)O)C(C)(C)C. The summed E-state index contributed by atoms with van der Waals surface area (Å²) in [6, 6.07) is 0.611. The second-order valence-electron chi connectivity index (χ2n) is 5.22. The minimum absolute atomic E-state index is 0.396. The lowest BCUT2D eigenvalue weighted by Gasteiger charge is -2.27. The molecule has 0 unspecified atom stereocenters. The number of carbonyl (C=O) groups is 2. The van der Waals surface area contributed by atoms with Crippen LogP contribution in [0.1, 0.15) is 43.8 Å². The van der Waals surface area contributed by atoms with Crippen molar-refractivity contribution in [3.8, 4) is 0 Å². The molecule has 5 heteroatoms. The van der Waals surface area contributed by atoms with Crippen molar-refractivity contribution in [3.05, 3.63) is 23.7 Å². The third kappa shape index (κ3) is 3.12. The Morgan fingerprint density at radius 1 is 1.44 bits per heavy atom. The zero-order valence-electron chi connectivity index (χ0n) is 11.1. The van der Waals surface area contributed by atoms with Gasteiger partial charge in [0.05, 0.1) is 11.8 Å². The number of hydrogen-bond acceptors (Lipinski definition) is 3. The Balaban J connectivity index is 2.89. The van der Waals surface area contributed by atoms with E-state index in [1.165, 1.54) is 6.26 Å². The number of rotatable bonds is 4. The quantitative estimate of drug-likeness (QED) is 0.860. The highest BCUT2D eigenvalue weighted by Crippen LogP contribution is 2.20. The van der Waals surface area contributed by atoms with Crippen molar-refractivity contribution in [2.45, 2.75) is 40.2 Å². The Hall–Kier alpha value is -1.78. The molecular formula is C13H19NO4. The highest BCUT2D eigenvalue weighted by Gasteiger charge is 2.33. The Labute approximate surface area is 106 Å². The lowest BCUT2D eigenvalue weighted by atomic mass is 9.86. The summed E-state index contributed by atoms with van der Waals surface area (Å²) in [5.74, 6) is -0.897. The van der Waals surface area contributed by atoms with E-state index in [0.717, 1.165) is 0 Å². The van der Waals surface area contributed by atoms with Gasteiger partial charge in [0.25, 0.3) is 5.91 Å². The second kappa shape index (κ2) is 5.25. The molecule has 0 saturated heterocycles. The first-order valence-electron chi connectivity index (χ1n) is 5.87. The molecule has 100 valence electrons.